The number of carboxylic acids is 1. The van der Waals surface area contributed by atoms with Crippen molar-refractivity contribution in [1.82, 2.24) is 0 Å². The molecule has 0 spiro atoms. The van der Waals surface area contributed by atoms with Crippen molar-refractivity contribution in [3.8, 4) is 0 Å². The Kier molecular flexibility index (Phi) is 14.0. The van der Waals surface area contributed by atoms with Gasteiger partial charge >= 0.3 is 11.9 Å². The van der Waals surface area contributed by atoms with Crippen molar-refractivity contribution in [2.75, 3.05) is 11.9 Å². The fraction of sp³-hybridized carbons (Fsp3) is 0.571. The number of fused-ring (bicyclic) bond motifs is 2. The molecule has 2 aromatic rings. The number of rotatable bonds is 5. The molecule has 2 heterocycles. The summed E-state index contributed by atoms with van der Waals surface area (Å²) in [6.07, 6.45) is 6.25. The average molecular weight is 738 g/mol. The van der Waals surface area contributed by atoms with E-state index in [1.165, 1.54) is 6.26 Å². The third-order valence-electron chi connectivity index (χ3n) is 7.70. The van der Waals surface area contributed by atoms with Crippen LogP contribution in [0.4, 0.5) is 0 Å². The van der Waals surface area contributed by atoms with Crippen LogP contribution in [0.3, 0.4) is 0 Å². The average Bonchev–Trinajstić information content (AvgIpc) is 3.55. The number of alkyl halides is 1. The van der Waals surface area contributed by atoms with Gasteiger partial charge in [0.15, 0.2) is 11.6 Å². The molecule has 5 rings (SSSR count). The molecule has 0 amide bonds. The molecule has 3 aliphatic carbocycles. The number of halogens is 1. The lowest BCUT2D eigenvalue weighted by molar-refractivity contribution is -0.152. The van der Waals surface area contributed by atoms with Crippen molar-refractivity contribution in [3.05, 3.63) is 46.3 Å². The number of aromatic carboxylic acids is 1. The lowest BCUT2D eigenvalue weighted by atomic mass is 9.76. The van der Waals surface area contributed by atoms with E-state index in [-0.39, 0.29) is 75.5 Å². The minimum Gasteiger partial charge on any atom is -0.478 e. The number of hydrogen-bond donors (Lipinski definition) is 2. The number of ether oxygens (including phenoxy) is 1. The standard InChI is InChI=1S/C11H12O4.C11H14O3.C8H12O2.C5H7BrO3/c1-11(2)3-7(12)9-6(10(13)14)5-15-8(9)4-11;1-11(2)3-8(13)10-7(5-12)6-14-9(10)4-11;1-8(2)4-6(9)3-7(10)5-8;1-2-9-5(8)4(7)3-6/h5H,3-4H2,1-2H3,(H,13,14);6,12H,3-5H2,1-2H3;3-5H2,1-2H3;2-3H2,1H3. The molecular formula is C35H45BrO12. The van der Waals surface area contributed by atoms with Gasteiger partial charge in [0.25, 0.3) is 0 Å². The van der Waals surface area contributed by atoms with Crippen molar-refractivity contribution in [2.45, 2.75) is 100 Å². The first kappa shape index (κ1) is 40.5. The highest BCUT2D eigenvalue weighted by Gasteiger charge is 2.37. The molecule has 2 aromatic heterocycles. The van der Waals surface area contributed by atoms with Gasteiger partial charge in [-0.3, -0.25) is 24.0 Å². The first-order chi connectivity index (χ1) is 22.2. The number of esters is 1. The van der Waals surface area contributed by atoms with Gasteiger partial charge in [-0.15, -0.1) is 0 Å². The number of carboxylic acid groups (broad SMARTS) is 1. The third kappa shape index (κ3) is 11.5. The molecule has 3 aliphatic rings. The summed E-state index contributed by atoms with van der Waals surface area (Å²) in [5.41, 5.74) is 1.26. The second-order valence-corrected chi connectivity index (χ2v) is 15.0. The van der Waals surface area contributed by atoms with Crippen LogP contribution in [-0.4, -0.2) is 63.0 Å². The van der Waals surface area contributed by atoms with Gasteiger partial charge in [-0.25, -0.2) is 9.59 Å². The Hall–Kier alpha value is -3.71. The van der Waals surface area contributed by atoms with Crippen molar-refractivity contribution in [3.63, 3.8) is 0 Å². The predicted octanol–water partition coefficient (Wildman–Crippen LogP) is 5.91. The molecule has 1 saturated carbocycles. The second-order valence-electron chi connectivity index (χ2n) is 14.4. The van der Waals surface area contributed by atoms with Crippen LogP contribution in [0.15, 0.2) is 21.4 Å². The first-order valence-corrected chi connectivity index (χ1v) is 16.7. The maximum Gasteiger partial charge on any atom is 0.375 e. The molecule has 48 heavy (non-hydrogen) atoms. The quantitative estimate of drug-likeness (QED) is 0.160. The van der Waals surface area contributed by atoms with Gasteiger partial charge in [0.1, 0.15) is 34.9 Å². The zero-order valence-electron chi connectivity index (χ0n) is 28.6. The van der Waals surface area contributed by atoms with E-state index in [0.29, 0.717) is 49.0 Å². The smallest absolute Gasteiger partial charge is 0.375 e. The molecule has 0 bridgehead atoms. The number of furan rings is 2. The fourth-order valence-corrected chi connectivity index (χ4v) is 6.02. The van der Waals surface area contributed by atoms with E-state index in [1.54, 1.807) is 6.92 Å². The second kappa shape index (κ2) is 16.6. The van der Waals surface area contributed by atoms with Crippen LogP contribution >= 0.6 is 15.9 Å². The van der Waals surface area contributed by atoms with Crippen molar-refractivity contribution in [2.24, 2.45) is 16.2 Å². The molecule has 264 valence electrons. The molecule has 0 saturated heterocycles. The van der Waals surface area contributed by atoms with Crippen LogP contribution in [-0.2, 0) is 43.4 Å². The minimum atomic E-state index is -1.10. The molecule has 2 N–H and O–H groups in total. The van der Waals surface area contributed by atoms with Crippen LogP contribution in [0.1, 0.15) is 129 Å². The first-order valence-electron chi connectivity index (χ1n) is 15.5. The Morgan fingerprint density at radius 1 is 0.771 bits per heavy atom. The molecule has 0 unspecified atom stereocenters. The molecular weight excluding hydrogens is 692 g/mol. The van der Waals surface area contributed by atoms with Gasteiger partial charge in [-0.05, 0) is 23.2 Å². The van der Waals surface area contributed by atoms with E-state index in [1.807, 2.05) is 27.7 Å². The lowest BCUT2D eigenvalue weighted by Crippen LogP contribution is -2.28. The zero-order chi connectivity index (χ0) is 36.6. The highest BCUT2D eigenvalue weighted by Crippen LogP contribution is 2.38. The summed E-state index contributed by atoms with van der Waals surface area (Å²) in [4.78, 5) is 76.9. The molecule has 12 nitrogen and oxygen atoms in total. The van der Waals surface area contributed by atoms with E-state index in [9.17, 15) is 33.6 Å². The molecule has 0 atom stereocenters. The van der Waals surface area contributed by atoms with Crippen molar-refractivity contribution < 1.29 is 57.3 Å². The maximum atomic E-state index is 11.8. The minimum absolute atomic E-state index is 0.00880. The van der Waals surface area contributed by atoms with Crippen LogP contribution in [0, 0.1) is 16.2 Å². The summed E-state index contributed by atoms with van der Waals surface area (Å²) in [6, 6.07) is 0. The predicted molar refractivity (Wildman–Crippen MR) is 176 cm³/mol. The number of carbonyl (C=O) groups is 7. The highest BCUT2D eigenvalue weighted by molar-refractivity contribution is 9.09. The topological polar surface area (TPSA) is 195 Å². The highest BCUT2D eigenvalue weighted by atomic mass is 79.9. The number of hydrogen-bond acceptors (Lipinski definition) is 11. The Labute approximate surface area is 288 Å². The number of carbonyl (C=O) groups excluding carboxylic acids is 6. The summed E-state index contributed by atoms with van der Waals surface area (Å²) >= 11 is 2.83. The van der Waals surface area contributed by atoms with E-state index in [2.05, 4.69) is 34.5 Å². The van der Waals surface area contributed by atoms with Gasteiger partial charge < -0.3 is 23.8 Å². The number of aliphatic hydroxyl groups is 1. The Balaban J connectivity index is 0.000000228. The monoisotopic (exact) mass is 736 g/mol. The third-order valence-corrected chi connectivity index (χ3v) is 8.21. The fourth-order valence-electron chi connectivity index (χ4n) is 5.79. The number of aliphatic hydroxyl groups excluding tert-OH is 1. The van der Waals surface area contributed by atoms with Crippen LogP contribution < -0.4 is 0 Å². The van der Waals surface area contributed by atoms with Crippen LogP contribution in [0.2, 0.25) is 0 Å². The van der Waals surface area contributed by atoms with E-state index < -0.39 is 17.7 Å². The number of Topliss-reactive ketones (excluding diaryl/α,β-unsaturated/α-hetero) is 5. The lowest BCUT2D eigenvalue weighted by Gasteiger charge is -2.27. The van der Waals surface area contributed by atoms with Gasteiger partial charge in [0.2, 0.25) is 5.78 Å². The van der Waals surface area contributed by atoms with Crippen LogP contribution in [0.25, 0.3) is 0 Å². The van der Waals surface area contributed by atoms with E-state index in [4.69, 9.17) is 19.0 Å². The van der Waals surface area contributed by atoms with Gasteiger partial charge in [-0.2, -0.15) is 0 Å². The summed E-state index contributed by atoms with van der Waals surface area (Å²) < 4.78 is 14.8. The Morgan fingerprint density at radius 2 is 1.23 bits per heavy atom. The van der Waals surface area contributed by atoms with Gasteiger partial charge in [0.05, 0.1) is 42.4 Å². The zero-order valence-corrected chi connectivity index (χ0v) is 30.2. The summed E-state index contributed by atoms with van der Waals surface area (Å²) in [6.45, 7) is 13.7. The normalized spacial score (nSPS) is 18.4. The molecule has 0 aromatic carbocycles. The summed E-state index contributed by atoms with van der Waals surface area (Å²) in [5, 5.41) is 17.9. The Bertz CT molecular complexity index is 1530. The molecule has 0 aliphatic heterocycles. The maximum absolute atomic E-state index is 11.8. The summed E-state index contributed by atoms with van der Waals surface area (Å²) in [7, 11) is 0. The Morgan fingerprint density at radius 3 is 1.67 bits per heavy atom. The summed E-state index contributed by atoms with van der Waals surface area (Å²) in [5.74, 6) is -1.02. The van der Waals surface area contributed by atoms with Gasteiger partial charge in [-0.1, -0.05) is 57.5 Å². The molecule has 13 heteroatoms. The molecule has 1 fully saturated rings. The van der Waals surface area contributed by atoms with Crippen LogP contribution in [0.5, 0.6) is 0 Å². The SMILES string of the molecule is CC1(C)CC(=O)CC(=O)C1.CC1(C)CC(=O)c2c(C(=O)O)coc2C1.CC1(C)CC(=O)c2c(CO)coc2C1.CCOC(=O)C(=O)CBr. The number of ketones is 5. The largest absolute Gasteiger partial charge is 0.478 e. The van der Waals surface area contributed by atoms with Crippen molar-refractivity contribution >= 4 is 56.8 Å². The van der Waals surface area contributed by atoms with E-state index in [0.717, 1.165) is 18.4 Å². The van der Waals surface area contributed by atoms with E-state index >= 15 is 0 Å². The molecule has 0 radical (unpaired) electrons. The van der Waals surface area contributed by atoms with Gasteiger partial charge in [0, 0.05) is 44.1 Å². The van der Waals surface area contributed by atoms with Crippen molar-refractivity contribution in [1.29, 1.82) is 0 Å².